The summed E-state index contributed by atoms with van der Waals surface area (Å²) in [7, 11) is 0. The Labute approximate surface area is 159 Å². The first kappa shape index (κ1) is 20.3. The quantitative estimate of drug-likeness (QED) is 0.671. The molecule has 6 heteroatoms. The molecule has 0 fully saturated rings. The fraction of sp³-hybridized carbons (Fsp3) is 0.333. The van der Waals surface area contributed by atoms with Crippen molar-refractivity contribution in [3.63, 3.8) is 0 Å². The second-order valence-corrected chi connectivity index (χ2v) is 6.49. The number of hydrogen-bond donors (Lipinski definition) is 2. The molecule has 2 aromatic rings. The van der Waals surface area contributed by atoms with Gasteiger partial charge in [-0.1, -0.05) is 24.3 Å². The number of carbonyl (C=O) groups is 2. The Hall–Kier alpha value is -3.02. The molecule has 0 heterocycles. The van der Waals surface area contributed by atoms with Gasteiger partial charge in [-0.3, -0.25) is 9.59 Å². The fourth-order valence-electron chi connectivity index (χ4n) is 2.46. The standard InChI is InChI=1S/C21H26N2O4/c1-15(2)27-19-9-3-16(4-10-19)11-12-23-21(25)14-26-18-7-5-17(6-8-18)13-20(22)24/h3-10,15H,11-14H2,1-2H3,(H2,22,24)(H,23,25). The Morgan fingerprint density at radius 2 is 1.56 bits per heavy atom. The third kappa shape index (κ3) is 7.81. The number of benzene rings is 2. The Bertz CT molecular complexity index is 740. The van der Waals surface area contributed by atoms with Gasteiger partial charge < -0.3 is 20.5 Å². The lowest BCUT2D eigenvalue weighted by atomic mass is 10.1. The van der Waals surface area contributed by atoms with Crippen LogP contribution in [0.5, 0.6) is 11.5 Å². The number of primary amides is 1. The number of ether oxygens (including phenoxy) is 2. The Morgan fingerprint density at radius 1 is 0.963 bits per heavy atom. The summed E-state index contributed by atoms with van der Waals surface area (Å²) in [6.07, 6.45) is 1.07. The van der Waals surface area contributed by atoms with E-state index in [-0.39, 0.29) is 30.9 Å². The van der Waals surface area contributed by atoms with Crippen molar-refractivity contribution in [3.8, 4) is 11.5 Å². The summed E-state index contributed by atoms with van der Waals surface area (Å²) in [5.41, 5.74) is 7.08. The SMILES string of the molecule is CC(C)Oc1ccc(CCNC(=O)COc2ccc(CC(N)=O)cc2)cc1. The molecule has 144 valence electrons. The average Bonchev–Trinajstić information content (AvgIpc) is 2.62. The lowest BCUT2D eigenvalue weighted by molar-refractivity contribution is -0.123. The van der Waals surface area contributed by atoms with Crippen LogP contribution in [0.2, 0.25) is 0 Å². The molecule has 0 aliphatic carbocycles. The van der Waals surface area contributed by atoms with Crippen molar-refractivity contribution in [2.75, 3.05) is 13.2 Å². The maximum absolute atomic E-state index is 11.9. The molecule has 0 saturated heterocycles. The maximum atomic E-state index is 11.9. The normalized spacial score (nSPS) is 10.5. The minimum atomic E-state index is -0.384. The lowest BCUT2D eigenvalue weighted by Gasteiger charge is -2.10. The first-order valence-electron chi connectivity index (χ1n) is 8.94. The van der Waals surface area contributed by atoms with Gasteiger partial charge in [-0.25, -0.2) is 0 Å². The van der Waals surface area contributed by atoms with Crippen molar-refractivity contribution in [2.45, 2.75) is 32.8 Å². The zero-order valence-corrected chi connectivity index (χ0v) is 15.7. The minimum absolute atomic E-state index is 0.0592. The molecule has 3 N–H and O–H groups in total. The number of hydrogen-bond acceptors (Lipinski definition) is 4. The van der Waals surface area contributed by atoms with Crippen LogP contribution < -0.4 is 20.5 Å². The topological polar surface area (TPSA) is 90.7 Å². The summed E-state index contributed by atoms with van der Waals surface area (Å²) in [5.74, 6) is 0.841. The number of nitrogens with one attached hydrogen (secondary N) is 1. The highest BCUT2D eigenvalue weighted by atomic mass is 16.5. The van der Waals surface area contributed by atoms with E-state index in [2.05, 4.69) is 5.32 Å². The predicted molar refractivity (Wildman–Crippen MR) is 104 cm³/mol. The molecule has 0 radical (unpaired) electrons. The average molecular weight is 370 g/mol. The van der Waals surface area contributed by atoms with Gasteiger partial charge in [-0.2, -0.15) is 0 Å². The highest BCUT2D eigenvalue weighted by Crippen LogP contribution is 2.14. The largest absolute Gasteiger partial charge is 0.491 e. The maximum Gasteiger partial charge on any atom is 0.257 e. The van der Waals surface area contributed by atoms with Gasteiger partial charge in [-0.05, 0) is 55.7 Å². The van der Waals surface area contributed by atoms with Crippen molar-refractivity contribution >= 4 is 11.8 Å². The summed E-state index contributed by atoms with van der Waals surface area (Å²) < 4.78 is 11.0. The van der Waals surface area contributed by atoms with E-state index < -0.39 is 0 Å². The number of nitrogens with two attached hydrogens (primary N) is 1. The molecule has 0 aliphatic rings. The van der Waals surface area contributed by atoms with Crippen molar-refractivity contribution < 1.29 is 19.1 Å². The van der Waals surface area contributed by atoms with Crippen molar-refractivity contribution in [3.05, 3.63) is 59.7 Å². The third-order valence-electron chi connectivity index (χ3n) is 3.70. The minimum Gasteiger partial charge on any atom is -0.491 e. The van der Waals surface area contributed by atoms with E-state index in [9.17, 15) is 9.59 Å². The molecule has 0 unspecified atom stereocenters. The highest BCUT2D eigenvalue weighted by Gasteiger charge is 2.04. The second-order valence-electron chi connectivity index (χ2n) is 6.49. The summed E-state index contributed by atoms with van der Waals surface area (Å²) >= 11 is 0. The number of rotatable bonds is 10. The van der Waals surface area contributed by atoms with E-state index >= 15 is 0 Å². The molecule has 0 saturated carbocycles. The van der Waals surface area contributed by atoms with Crippen LogP contribution in [0, 0.1) is 0 Å². The van der Waals surface area contributed by atoms with Crippen molar-refractivity contribution in [2.24, 2.45) is 5.73 Å². The summed E-state index contributed by atoms with van der Waals surface area (Å²) in [6.45, 7) is 4.45. The Balaban J connectivity index is 1.68. The van der Waals surface area contributed by atoms with E-state index in [4.69, 9.17) is 15.2 Å². The van der Waals surface area contributed by atoms with Crippen LogP contribution in [0.15, 0.2) is 48.5 Å². The van der Waals surface area contributed by atoms with Crippen LogP contribution in [-0.4, -0.2) is 31.1 Å². The summed E-state index contributed by atoms with van der Waals surface area (Å²) in [6, 6.07) is 14.8. The monoisotopic (exact) mass is 370 g/mol. The first-order valence-corrected chi connectivity index (χ1v) is 8.94. The van der Waals surface area contributed by atoms with Crippen LogP contribution in [0.25, 0.3) is 0 Å². The molecule has 0 atom stereocenters. The van der Waals surface area contributed by atoms with Gasteiger partial charge >= 0.3 is 0 Å². The van der Waals surface area contributed by atoms with E-state index in [0.717, 1.165) is 23.3 Å². The van der Waals surface area contributed by atoms with Gasteiger partial charge in [0.1, 0.15) is 11.5 Å². The molecule has 2 amide bonds. The summed E-state index contributed by atoms with van der Waals surface area (Å²) in [5, 5.41) is 2.83. The molecule has 2 aromatic carbocycles. The third-order valence-corrected chi connectivity index (χ3v) is 3.70. The van der Waals surface area contributed by atoms with Gasteiger partial charge in [0, 0.05) is 6.54 Å². The zero-order chi connectivity index (χ0) is 19.6. The molecular formula is C21H26N2O4. The zero-order valence-electron chi connectivity index (χ0n) is 15.7. The van der Waals surface area contributed by atoms with Crippen molar-refractivity contribution in [1.82, 2.24) is 5.32 Å². The number of carbonyl (C=O) groups excluding carboxylic acids is 2. The molecule has 2 rings (SSSR count). The molecule has 0 spiro atoms. The Kier molecular flexibility index (Phi) is 7.67. The van der Waals surface area contributed by atoms with Crippen LogP contribution in [0.4, 0.5) is 0 Å². The smallest absolute Gasteiger partial charge is 0.257 e. The van der Waals surface area contributed by atoms with E-state index in [1.807, 2.05) is 38.1 Å². The van der Waals surface area contributed by atoms with Crippen LogP contribution in [-0.2, 0) is 22.4 Å². The van der Waals surface area contributed by atoms with Gasteiger partial charge in [0.15, 0.2) is 6.61 Å². The van der Waals surface area contributed by atoms with Gasteiger partial charge in [0.25, 0.3) is 5.91 Å². The lowest BCUT2D eigenvalue weighted by Crippen LogP contribution is -2.30. The second kappa shape index (κ2) is 10.2. The van der Waals surface area contributed by atoms with E-state index in [0.29, 0.717) is 12.3 Å². The Morgan fingerprint density at radius 3 is 2.15 bits per heavy atom. The van der Waals surface area contributed by atoms with Crippen LogP contribution >= 0.6 is 0 Å². The van der Waals surface area contributed by atoms with E-state index in [1.165, 1.54) is 0 Å². The fourth-order valence-corrected chi connectivity index (χ4v) is 2.46. The molecule has 27 heavy (non-hydrogen) atoms. The molecule has 0 aliphatic heterocycles. The van der Waals surface area contributed by atoms with Gasteiger partial charge in [-0.15, -0.1) is 0 Å². The number of amides is 2. The first-order chi connectivity index (χ1) is 12.9. The molecule has 6 nitrogen and oxygen atoms in total. The van der Waals surface area contributed by atoms with Crippen LogP contribution in [0.1, 0.15) is 25.0 Å². The van der Waals surface area contributed by atoms with Crippen molar-refractivity contribution in [1.29, 1.82) is 0 Å². The predicted octanol–water partition coefficient (Wildman–Crippen LogP) is 2.24. The molecule has 0 bridgehead atoms. The molecule has 0 aromatic heterocycles. The van der Waals surface area contributed by atoms with Crippen LogP contribution in [0.3, 0.4) is 0 Å². The van der Waals surface area contributed by atoms with Gasteiger partial charge in [0.05, 0.1) is 12.5 Å². The molecular weight excluding hydrogens is 344 g/mol. The van der Waals surface area contributed by atoms with Gasteiger partial charge in [0.2, 0.25) is 5.91 Å². The summed E-state index contributed by atoms with van der Waals surface area (Å²) in [4.78, 5) is 22.7. The highest BCUT2D eigenvalue weighted by molar-refractivity contribution is 5.77. The van der Waals surface area contributed by atoms with E-state index in [1.54, 1.807) is 24.3 Å².